The van der Waals surface area contributed by atoms with E-state index >= 15 is 0 Å². The van der Waals surface area contributed by atoms with Gasteiger partial charge in [-0.1, -0.05) is 6.07 Å². The molecule has 0 bridgehead atoms. The first-order valence-corrected chi connectivity index (χ1v) is 6.05. The topological polar surface area (TPSA) is 81.0 Å². The molecule has 1 aromatic carbocycles. The maximum Gasteiger partial charge on any atom is 0.320 e. The van der Waals surface area contributed by atoms with E-state index in [4.69, 9.17) is 5.11 Å². The Morgan fingerprint density at radius 3 is 2.83 bits per heavy atom. The van der Waals surface area contributed by atoms with E-state index in [1.807, 2.05) is 4.90 Å². The van der Waals surface area contributed by atoms with Gasteiger partial charge in [0.1, 0.15) is 17.5 Å². The molecule has 1 atom stereocenters. The smallest absolute Gasteiger partial charge is 0.320 e. The zero-order chi connectivity index (χ0) is 13.1. The zero-order valence-corrected chi connectivity index (χ0v) is 10.0. The van der Waals surface area contributed by atoms with Crippen molar-refractivity contribution in [3.8, 4) is 11.5 Å². The van der Waals surface area contributed by atoms with Crippen molar-refractivity contribution < 1.29 is 20.1 Å². The van der Waals surface area contributed by atoms with E-state index in [-0.39, 0.29) is 11.5 Å². The van der Waals surface area contributed by atoms with Gasteiger partial charge in [-0.3, -0.25) is 9.69 Å². The van der Waals surface area contributed by atoms with Crippen molar-refractivity contribution in [2.75, 3.05) is 13.1 Å². The van der Waals surface area contributed by atoms with Crippen molar-refractivity contribution in [3.05, 3.63) is 23.8 Å². The van der Waals surface area contributed by atoms with E-state index < -0.39 is 12.0 Å². The number of carboxylic acid groups (broad SMARTS) is 1. The summed E-state index contributed by atoms with van der Waals surface area (Å²) < 4.78 is 0. The summed E-state index contributed by atoms with van der Waals surface area (Å²) in [6, 6.07) is 4.09. The van der Waals surface area contributed by atoms with Crippen molar-refractivity contribution in [2.24, 2.45) is 0 Å². The second-order valence-corrected chi connectivity index (χ2v) is 4.60. The molecule has 3 N–H and O–H groups in total. The van der Waals surface area contributed by atoms with E-state index in [1.54, 1.807) is 6.07 Å². The number of benzene rings is 1. The summed E-state index contributed by atoms with van der Waals surface area (Å²) in [6.07, 6.45) is 2.17. The molecule has 18 heavy (non-hydrogen) atoms. The largest absolute Gasteiger partial charge is 0.508 e. The Labute approximate surface area is 105 Å². The van der Waals surface area contributed by atoms with Gasteiger partial charge in [0, 0.05) is 12.6 Å². The van der Waals surface area contributed by atoms with Crippen LogP contribution in [0.4, 0.5) is 0 Å². The molecule has 0 unspecified atom stereocenters. The number of carboxylic acids is 1. The Bertz CT molecular complexity index is 447. The summed E-state index contributed by atoms with van der Waals surface area (Å²) in [5, 5.41) is 27.9. The highest BCUT2D eigenvalue weighted by Gasteiger charge is 2.29. The number of aliphatic carboxylic acids is 1. The van der Waals surface area contributed by atoms with Crippen LogP contribution < -0.4 is 0 Å². The summed E-state index contributed by atoms with van der Waals surface area (Å²) in [5.41, 5.74) is 0.726. The standard InChI is InChI=1S/C13H17NO4/c15-10-4-3-9(12(16)8-10)5-7-14-6-1-2-11(14)13(17)18/h3-4,8,11,15-16H,1-2,5-7H2,(H,17,18)/t11-/m0/s1. The van der Waals surface area contributed by atoms with Crippen LogP contribution in [0.25, 0.3) is 0 Å². The Kier molecular flexibility index (Phi) is 3.72. The lowest BCUT2D eigenvalue weighted by molar-refractivity contribution is -0.142. The van der Waals surface area contributed by atoms with Crippen LogP contribution in [-0.2, 0) is 11.2 Å². The monoisotopic (exact) mass is 251 g/mol. The fraction of sp³-hybridized carbons (Fsp3) is 0.462. The fourth-order valence-electron chi connectivity index (χ4n) is 2.40. The minimum Gasteiger partial charge on any atom is -0.508 e. The molecule has 0 aromatic heterocycles. The van der Waals surface area contributed by atoms with Gasteiger partial charge in [0.15, 0.2) is 0 Å². The minimum atomic E-state index is -0.776. The van der Waals surface area contributed by atoms with Gasteiger partial charge in [-0.25, -0.2) is 0 Å². The molecule has 2 rings (SSSR count). The first-order chi connectivity index (χ1) is 8.58. The number of hydrogen-bond donors (Lipinski definition) is 3. The van der Waals surface area contributed by atoms with E-state index in [1.165, 1.54) is 12.1 Å². The Morgan fingerprint density at radius 1 is 1.39 bits per heavy atom. The maximum absolute atomic E-state index is 11.0. The number of rotatable bonds is 4. The molecule has 0 radical (unpaired) electrons. The molecule has 0 amide bonds. The lowest BCUT2D eigenvalue weighted by Gasteiger charge is -2.21. The van der Waals surface area contributed by atoms with Crippen LogP contribution >= 0.6 is 0 Å². The van der Waals surface area contributed by atoms with E-state index in [0.29, 0.717) is 19.4 Å². The van der Waals surface area contributed by atoms with E-state index in [2.05, 4.69) is 0 Å². The van der Waals surface area contributed by atoms with Crippen LogP contribution in [0.5, 0.6) is 11.5 Å². The number of phenolic OH excluding ortho intramolecular Hbond substituents is 2. The first-order valence-electron chi connectivity index (χ1n) is 6.05. The highest BCUT2D eigenvalue weighted by atomic mass is 16.4. The molecule has 1 aliphatic rings. The van der Waals surface area contributed by atoms with Gasteiger partial charge in [0.2, 0.25) is 0 Å². The molecule has 1 aliphatic heterocycles. The summed E-state index contributed by atoms with van der Waals surface area (Å²) in [4.78, 5) is 12.9. The molecular weight excluding hydrogens is 234 g/mol. The second kappa shape index (κ2) is 5.27. The number of carbonyl (C=O) groups is 1. The Hall–Kier alpha value is -1.75. The fourth-order valence-corrected chi connectivity index (χ4v) is 2.40. The molecule has 1 aromatic rings. The van der Waals surface area contributed by atoms with Crippen LogP contribution in [0.2, 0.25) is 0 Å². The summed E-state index contributed by atoms with van der Waals surface area (Å²) in [5.74, 6) is -0.690. The van der Waals surface area contributed by atoms with Gasteiger partial charge in [0.05, 0.1) is 0 Å². The second-order valence-electron chi connectivity index (χ2n) is 4.60. The van der Waals surface area contributed by atoms with Crippen molar-refractivity contribution in [3.63, 3.8) is 0 Å². The number of likely N-dealkylation sites (tertiary alicyclic amines) is 1. The third-order valence-corrected chi connectivity index (χ3v) is 3.39. The van der Waals surface area contributed by atoms with Crippen molar-refractivity contribution in [1.82, 2.24) is 4.90 Å². The average molecular weight is 251 g/mol. The molecule has 1 fully saturated rings. The molecule has 98 valence electrons. The van der Waals surface area contributed by atoms with E-state index in [9.17, 15) is 15.0 Å². The maximum atomic E-state index is 11.0. The predicted molar refractivity (Wildman–Crippen MR) is 65.7 cm³/mol. The van der Waals surface area contributed by atoms with Gasteiger partial charge in [0.25, 0.3) is 0 Å². The first kappa shape index (κ1) is 12.7. The highest BCUT2D eigenvalue weighted by Crippen LogP contribution is 2.24. The van der Waals surface area contributed by atoms with Crippen molar-refractivity contribution >= 4 is 5.97 Å². The minimum absolute atomic E-state index is 0.0286. The van der Waals surface area contributed by atoms with E-state index in [0.717, 1.165) is 18.5 Å². The van der Waals surface area contributed by atoms with Gasteiger partial charge in [-0.05, 0) is 37.4 Å². The number of hydrogen-bond acceptors (Lipinski definition) is 4. The van der Waals surface area contributed by atoms with Crippen LogP contribution in [0.3, 0.4) is 0 Å². The third-order valence-electron chi connectivity index (χ3n) is 3.39. The van der Waals surface area contributed by atoms with Gasteiger partial charge in [-0.15, -0.1) is 0 Å². The van der Waals surface area contributed by atoms with Crippen molar-refractivity contribution in [1.29, 1.82) is 0 Å². The Morgan fingerprint density at radius 2 is 2.17 bits per heavy atom. The van der Waals surface area contributed by atoms with Crippen LogP contribution in [0.15, 0.2) is 18.2 Å². The molecule has 1 heterocycles. The molecule has 1 saturated heterocycles. The summed E-state index contributed by atoms with van der Waals surface area (Å²) in [7, 11) is 0. The molecule has 0 saturated carbocycles. The predicted octanol–water partition coefficient (Wildman–Crippen LogP) is 1.19. The van der Waals surface area contributed by atoms with Gasteiger partial charge < -0.3 is 15.3 Å². The van der Waals surface area contributed by atoms with Crippen molar-refractivity contribution in [2.45, 2.75) is 25.3 Å². The zero-order valence-electron chi connectivity index (χ0n) is 10.0. The average Bonchev–Trinajstić information content (AvgIpc) is 2.76. The molecule has 5 nitrogen and oxygen atoms in total. The van der Waals surface area contributed by atoms with Crippen LogP contribution in [-0.4, -0.2) is 45.3 Å². The van der Waals surface area contributed by atoms with Crippen LogP contribution in [0.1, 0.15) is 18.4 Å². The summed E-state index contributed by atoms with van der Waals surface area (Å²) >= 11 is 0. The molecule has 0 aliphatic carbocycles. The number of phenols is 2. The van der Waals surface area contributed by atoms with Gasteiger partial charge >= 0.3 is 5.97 Å². The number of aromatic hydroxyl groups is 2. The molecular formula is C13H17NO4. The number of nitrogens with zero attached hydrogens (tertiary/aromatic N) is 1. The van der Waals surface area contributed by atoms with Crippen LogP contribution in [0, 0.1) is 0 Å². The normalized spacial score (nSPS) is 20.1. The lowest BCUT2D eigenvalue weighted by Crippen LogP contribution is -2.37. The molecule has 5 heteroatoms. The van der Waals surface area contributed by atoms with Gasteiger partial charge in [-0.2, -0.15) is 0 Å². The highest BCUT2D eigenvalue weighted by molar-refractivity contribution is 5.73. The SMILES string of the molecule is O=C(O)[C@@H]1CCCN1CCc1ccc(O)cc1O. The lowest BCUT2D eigenvalue weighted by atomic mass is 10.1. The quantitative estimate of drug-likeness (QED) is 0.749. The molecule has 0 spiro atoms. The third kappa shape index (κ3) is 2.73. The summed E-state index contributed by atoms with van der Waals surface area (Å²) in [6.45, 7) is 1.39. The Balaban J connectivity index is 1.97.